The number of nitrogens with zero attached hydrogens (tertiary/aromatic N) is 14. The van der Waals surface area contributed by atoms with Crippen LogP contribution in [0, 0.1) is 66.6 Å². The summed E-state index contributed by atoms with van der Waals surface area (Å²) >= 11 is 0. The number of carbonyl (C=O) groups is 11. The second-order valence-corrected chi connectivity index (χ2v) is 31.8. The fourth-order valence-corrected chi connectivity index (χ4v) is 18.0. The highest BCUT2D eigenvalue weighted by Gasteiger charge is 2.60. The number of amides is 10. The monoisotopic (exact) mass is 1730 g/mol. The Kier molecular flexibility index (Phi) is 32.5. The minimum atomic E-state index is -0.712. The van der Waals surface area contributed by atoms with Gasteiger partial charge in [0.15, 0.2) is 5.82 Å². The van der Waals surface area contributed by atoms with E-state index in [1.54, 1.807) is 27.6 Å². The van der Waals surface area contributed by atoms with E-state index in [-0.39, 0.29) is 235 Å². The number of aliphatic hydroxyl groups excluding tert-OH is 2. The number of hydrogen-bond donors (Lipinski definition) is 5. The smallest absolute Gasteiger partial charge is 0.502 e. The highest BCUT2D eigenvalue weighted by Crippen LogP contribution is 2.54. The van der Waals surface area contributed by atoms with Gasteiger partial charge in [-0.25, -0.2) is 4.79 Å². The van der Waals surface area contributed by atoms with E-state index in [9.17, 15) is 52.7 Å². The van der Waals surface area contributed by atoms with Crippen LogP contribution in [0.4, 0.5) is 10.6 Å². The highest BCUT2D eigenvalue weighted by atomic mass is 127. The Morgan fingerprint density at radius 2 is 1.26 bits per heavy atom. The third-order valence-corrected chi connectivity index (χ3v) is 24.4. The average Bonchev–Trinajstić information content (AvgIpc) is 1.58. The first-order valence-electron chi connectivity index (χ1n) is 41.2. The fourth-order valence-electron chi connectivity index (χ4n) is 18.0. The average molecular weight is 1740 g/mol. The minimum absolute atomic E-state index is 0. The van der Waals surface area contributed by atoms with Crippen molar-refractivity contribution in [3.8, 4) is 18.1 Å². The predicted octanol–water partition coefficient (Wildman–Crippen LogP) is 0.163. The topological polar surface area (TPSA) is 373 Å². The van der Waals surface area contributed by atoms with Crippen LogP contribution in [0.2, 0.25) is 0 Å². The number of imide groups is 2. The Morgan fingerprint density at radius 1 is 0.692 bits per heavy atom. The van der Waals surface area contributed by atoms with Crippen molar-refractivity contribution in [2.75, 3.05) is 123 Å². The number of aromatic amines is 1. The molecule has 636 valence electrons. The Bertz CT molecular complexity index is 4210. The van der Waals surface area contributed by atoms with Crippen LogP contribution in [0.3, 0.4) is 0 Å². The molecule has 10 amide bonds. The van der Waals surface area contributed by atoms with Gasteiger partial charge in [0, 0.05) is 141 Å². The SMILES string of the molecule is C.C#CCN(CCC(=O)NCCO)C(=O)CCCCCN1C(=O)[C@@H]2[C@H](C1=O)[C@H]1C=C[C@@H]2C1.Cc1[nH][n+](C(C)OC(=O)N2CCC[C@H]2COC(=O)CCn2cc(CN(CCC(=O)NCCO)C(=O)CCCCCN3C(=O)[C@@H]4[C@H](C3=O)[C@H]3C=C[C@@H]4C3)nn2)c2ccc(N3CCC(c4ccc(OCCN5CCN(C)C(=O)[C@@H]5C)cc4)CC3)n[n+]12.[I-]. The van der Waals surface area contributed by atoms with E-state index < -0.39 is 18.3 Å². The molecule has 4 aliphatic carbocycles. The number of hydrogen-bond acceptors (Lipinski definition) is 21. The number of likely N-dealkylation sites (tertiary alicyclic amines) is 3. The largest absolute Gasteiger partial charge is 1.00 e. The van der Waals surface area contributed by atoms with Crippen LogP contribution in [0.25, 0.3) is 5.65 Å². The van der Waals surface area contributed by atoms with E-state index in [1.165, 1.54) is 29.8 Å². The van der Waals surface area contributed by atoms with Crippen molar-refractivity contribution in [3.05, 3.63) is 84.0 Å². The van der Waals surface area contributed by atoms with Crippen molar-refractivity contribution in [1.82, 2.24) is 70.1 Å². The number of H-pyrrole nitrogens is 1. The molecular weight excluding hydrogens is 1620 g/mol. The molecule has 7 fully saturated rings. The number of esters is 1. The van der Waals surface area contributed by atoms with Crippen molar-refractivity contribution < 1.29 is 110 Å². The van der Waals surface area contributed by atoms with E-state index in [2.05, 4.69) is 78.2 Å². The molecule has 5 aliphatic heterocycles. The van der Waals surface area contributed by atoms with E-state index in [4.69, 9.17) is 35.9 Å². The third kappa shape index (κ3) is 21.9. The molecule has 5 N–H and O–H groups in total. The van der Waals surface area contributed by atoms with Gasteiger partial charge < -0.3 is 83.5 Å². The number of fused-ring (bicyclic) bond motifs is 11. The van der Waals surface area contributed by atoms with E-state index in [1.807, 2.05) is 49.7 Å². The number of rotatable bonds is 38. The number of ether oxygens (including phenoxy) is 3. The lowest BCUT2D eigenvalue weighted by molar-refractivity contribution is -0.800. The molecule has 3 aromatic heterocycles. The number of nitrogens with one attached hydrogen (secondary N) is 3. The summed E-state index contributed by atoms with van der Waals surface area (Å²) in [5, 5.41) is 39.7. The molecule has 1 unspecified atom stereocenters. The Hall–Kier alpha value is -9.47. The summed E-state index contributed by atoms with van der Waals surface area (Å²) in [5.41, 5.74) is 2.47. The van der Waals surface area contributed by atoms with E-state index in [0.717, 1.165) is 87.7 Å². The lowest BCUT2D eigenvalue weighted by Crippen LogP contribution is -3.00. The number of piperazine rings is 1. The summed E-state index contributed by atoms with van der Waals surface area (Å²) in [6, 6.07) is 11.9. The summed E-state index contributed by atoms with van der Waals surface area (Å²) in [6.07, 6.45) is 23.6. The van der Waals surface area contributed by atoms with Crippen molar-refractivity contribution in [3.63, 3.8) is 0 Å². The standard InChI is InChI=1S/C59H80N14O11.C23H31N3O5.CH4.HI/c1-39-56(78)65(4)30-31-66(39)32-34-82-48-15-13-42(14-16-48)43-19-26-67(27-20-43)49-17-18-51-72(63-49)40(2)62-73(51)41(3)84-59(81)70-25-8-9-47(70)38-83-53(77)22-29-69-37-46(61-64-69)36-68(28-21-50(75)60-23-33-74)52(76)10-6-5-7-24-71-57(79)54-44-11-12-45(35-44)55(54)58(71)80;1-2-11-25(13-9-18(28)24-10-14-27)19(29)6-4-3-5-12-26-22(30)20-16-7-8-17(15-16)21(20)23(26)31;;/h11-18,37,39,41,43-45,47,54-55,74H,5-10,19-36,38H2,1-4H3;1,7-8,16-17,20-21,27H,3-6,9-15H2,(H,24,28);1H4;1H/p+1/t39-,41?,44-,45+,47-,54+,55-;16-,17+,20+,21-;;/m0.../s1. The van der Waals surface area contributed by atoms with Crippen molar-refractivity contribution >= 4 is 76.7 Å². The number of aliphatic hydroxyl groups is 2. The first-order valence-corrected chi connectivity index (χ1v) is 41.2. The third-order valence-electron chi connectivity index (χ3n) is 24.4. The van der Waals surface area contributed by atoms with Crippen LogP contribution in [-0.2, 0) is 70.5 Å². The van der Waals surface area contributed by atoms with Crippen molar-refractivity contribution in [2.24, 2.45) is 47.3 Å². The van der Waals surface area contributed by atoms with Crippen LogP contribution >= 0.6 is 0 Å². The van der Waals surface area contributed by atoms with E-state index >= 15 is 0 Å². The molecular formula is C83H117IN17O16+. The van der Waals surface area contributed by atoms with Crippen LogP contribution in [-0.4, -0.2) is 266 Å². The molecule has 2 saturated carbocycles. The summed E-state index contributed by atoms with van der Waals surface area (Å²) in [4.78, 5) is 154. The van der Waals surface area contributed by atoms with Gasteiger partial charge in [0.05, 0.1) is 87.3 Å². The maximum absolute atomic E-state index is 13.7. The van der Waals surface area contributed by atoms with Gasteiger partial charge in [-0.15, -0.1) is 11.5 Å². The number of piperidine rings is 1. The van der Waals surface area contributed by atoms with Gasteiger partial charge in [0.25, 0.3) is 0 Å². The molecule has 0 spiro atoms. The highest BCUT2D eigenvalue weighted by molar-refractivity contribution is 6.07. The second kappa shape index (κ2) is 42.3. The molecule has 34 heteroatoms. The molecule has 11 atom stereocenters. The van der Waals surface area contributed by atoms with E-state index in [0.29, 0.717) is 89.3 Å². The Morgan fingerprint density at radius 3 is 1.84 bits per heavy atom. The Labute approximate surface area is 700 Å². The molecule has 9 aliphatic rings. The van der Waals surface area contributed by atoms with Gasteiger partial charge in [-0.2, -0.15) is 0 Å². The summed E-state index contributed by atoms with van der Waals surface area (Å²) < 4.78 is 22.8. The molecule has 5 saturated heterocycles. The zero-order chi connectivity index (χ0) is 81.4. The lowest BCUT2D eigenvalue weighted by atomic mass is 9.85. The number of terminal acetylenes is 1. The Balaban J connectivity index is 0.000000367. The van der Waals surface area contributed by atoms with Gasteiger partial charge in [-0.1, -0.05) is 72.9 Å². The molecule has 117 heavy (non-hydrogen) atoms. The number of carbonyl (C=O) groups excluding carboxylic acids is 11. The maximum Gasteiger partial charge on any atom is 0.502 e. The fraction of sp³-hybridized carbons (Fsp3) is 0.639. The van der Waals surface area contributed by atoms with Crippen molar-refractivity contribution in [1.29, 1.82) is 0 Å². The summed E-state index contributed by atoms with van der Waals surface area (Å²) in [7, 11) is 1.85. The molecule has 4 aromatic rings. The van der Waals surface area contributed by atoms with Gasteiger partial charge in [0.2, 0.25) is 53.2 Å². The lowest BCUT2D eigenvalue weighted by Gasteiger charge is -2.37. The first-order chi connectivity index (χ1) is 55.6. The normalized spacial score (nSPS) is 23.2. The molecule has 8 heterocycles. The predicted molar refractivity (Wildman–Crippen MR) is 421 cm³/mol. The summed E-state index contributed by atoms with van der Waals surface area (Å²) in [5.74, 6) is 3.94. The van der Waals surface area contributed by atoms with Crippen molar-refractivity contribution in [2.45, 2.75) is 175 Å². The second-order valence-electron chi connectivity index (χ2n) is 31.8. The van der Waals surface area contributed by atoms with Crippen LogP contribution < -0.4 is 53.4 Å². The van der Waals surface area contributed by atoms with Gasteiger partial charge >= 0.3 is 29.8 Å². The molecule has 1 aromatic carbocycles. The number of aromatic nitrogens is 7. The number of benzene rings is 1. The molecule has 0 radical (unpaired) electrons. The first kappa shape index (κ1) is 89.9. The quantitative estimate of drug-likeness (QED) is 0.00759. The van der Waals surface area contributed by atoms with Crippen LogP contribution in [0.15, 0.2) is 66.9 Å². The van der Waals surface area contributed by atoms with Crippen LogP contribution in [0.5, 0.6) is 5.75 Å². The molecule has 33 nitrogen and oxygen atoms in total. The minimum Gasteiger partial charge on any atom is -1.00 e. The number of aryl methyl sites for hydroxylation is 2. The number of allylic oxidation sites excluding steroid dienone is 4. The van der Waals surface area contributed by atoms with Gasteiger partial charge in [-0.3, -0.25) is 67.3 Å². The van der Waals surface area contributed by atoms with Gasteiger partial charge in [-0.05, 0) is 123 Å². The number of anilines is 1. The zero-order valence-electron chi connectivity index (χ0n) is 67.1. The zero-order valence-corrected chi connectivity index (χ0v) is 69.2. The number of unbranched alkanes of at least 4 members (excludes halogenated alkanes) is 4. The van der Waals surface area contributed by atoms with Crippen LogP contribution in [0.1, 0.15) is 160 Å². The summed E-state index contributed by atoms with van der Waals surface area (Å²) in [6.45, 7) is 12.0. The molecule has 4 bridgehead atoms. The number of halogens is 1. The number of likely N-dealkylation sites (N-methyl/N-ethyl adjacent to an activating group) is 1. The van der Waals surface area contributed by atoms with Gasteiger partial charge in [0.1, 0.15) is 24.7 Å². The molecule has 13 rings (SSSR count). The maximum atomic E-state index is 13.7.